The summed E-state index contributed by atoms with van der Waals surface area (Å²) in [5.41, 5.74) is 3.09. The molecule has 0 N–H and O–H groups in total. The molecule has 166 valence electrons. The van der Waals surface area contributed by atoms with Gasteiger partial charge in [-0.25, -0.2) is 14.6 Å². The van der Waals surface area contributed by atoms with Gasteiger partial charge in [0, 0.05) is 50.6 Å². The minimum Gasteiger partial charge on any atom is -0.353 e. The fourth-order valence-corrected chi connectivity index (χ4v) is 4.06. The van der Waals surface area contributed by atoms with Crippen molar-refractivity contribution in [3.63, 3.8) is 0 Å². The van der Waals surface area contributed by atoms with E-state index in [0.717, 1.165) is 41.5 Å². The van der Waals surface area contributed by atoms with E-state index in [9.17, 15) is 4.79 Å². The van der Waals surface area contributed by atoms with Gasteiger partial charge >= 0.3 is 0 Å². The highest BCUT2D eigenvalue weighted by Crippen LogP contribution is 2.19. The number of para-hydroxylation sites is 1. The monoisotopic (exact) mass is 438 g/mol. The van der Waals surface area contributed by atoms with Gasteiger partial charge in [0.2, 0.25) is 5.91 Å². The fraction of sp³-hybridized carbons (Fsp3) is 0.231. The van der Waals surface area contributed by atoms with Gasteiger partial charge in [0.1, 0.15) is 5.82 Å². The second-order valence-electron chi connectivity index (χ2n) is 8.10. The first-order valence-electron chi connectivity index (χ1n) is 11.3. The van der Waals surface area contributed by atoms with Crippen molar-refractivity contribution in [3.05, 3.63) is 90.9 Å². The summed E-state index contributed by atoms with van der Waals surface area (Å²) in [6.45, 7) is 2.94. The van der Waals surface area contributed by atoms with Crippen LogP contribution in [0.15, 0.2) is 85.3 Å². The van der Waals surface area contributed by atoms with Gasteiger partial charge < -0.3 is 9.80 Å². The Bertz CT molecular complexity index is 1200. The Morgan fingerprint density at radius 1 is 0.879 bits per heavy atom. The number of anilines is 1. The molecule has 7 nitrogen and oxygen atoms in total. The van der Waals surface area contributed by atoms with Crippen LogP contribution in [0.3, 0.4) is 0 Å². The normalized spacial score (nSPS) is 13.8. The molecule has 1 saturated heterocycles. The predicted octanol–water partition coefficient (Wildman–Crippen LogP) is 3.61. The third-order valence-electron chi connectivity index (χ3n) is 5.91. The summed E-state index contributed by atoms with van der Waals surface area (Å²) in [7, 11) is 0. The molecule has 1 fully saturated rings. The van der Waals surface area contributed by atoms with E-state index in [-0.39, 0.29) is 5.91 Å². The molecule has 0 bridgehead atoms. The highest BCUT2D eigenvalue weighted by Gasteiger charge is 2.22. The number of piperazine rings is 1. The van der Waals surface area contributed by atoms with Crippen molar-refractivity contribution in [1.82, 2.24) is 24.6 Å². The number of carbonyl (C=O) groups is 1. The summed E-state index contributed by atoms with van der Waals surface area (Å²) in [6, 6.07) is 21.9. The molecule has 1 aliphatic rings. The number of amides is 1. The van der Waals surface area contributed by atoms with Crippen LogP contribution in [-0.4, -0.2) is 56.7 Å². The maximum atomic E-state index is 12.8. The SMILES string of the molecule is O=C(CCc1cnn(-c2ccccc2)c1)N1CCN(c2ccnc(-c3ccccc3)n2)CC1. The van der Waals surface area contributed by atoms with Crippen molar-refractivity contribution in [2.24, 2.45) is 0 Å². The van der Waals surface area contributed by atoms with Crippen LogP contribution in [-0.2, 0) is 11.2 Å². The van der Waals surface area contributed by atoms with Crippen molar-refractivity contribution in [2.45, 2.75) is 12.8 Å². The van der Waals surface area contributed by atoms with Gasteiger partial charge in [0.15, 0.2) is 5.82 Å². The Balaban J connectivity index is 1.14. The zero-order chi connectivity index (χ0) is 22.5. The second kappa shape index (κ2) is 9.65. The molecule has 4 aromatic rings. The largest absolute Gasteiger partial charge is 0.353 e. The average molecular weight is 439 g/mol. The van der Waals surface area contributed by atoms with Gasteiger partial charge in [-0.05, 0) is 30.2 Å². The first kappa shape index (κ1) is 20.9. The number of carbonyl (C=O) groups excluding carboxylic acids is 1. The molecule has 1 aliphatic heterocycles. The average Bonchev–Trinajstić information content (AvgIpc) is 3.38. The van der Waals surface area contributed by atoms with Crippen LogP contribution in [0, 0.1) is 0 Å². The summed E-state index contributed by atoms with van der Waals surface area (Å²) in [6.07, 6.45) is 6.83. The zero-order valence-electron chi connectivity index (χ0n) is 18.4. The molecular weight excluding hydrogens is 412 g/mol. The maximum absolute atomic E-state index is 12.8. The molecule has 33 heavy (non-hydrogen) atoms. The molecule has 0 unspecified atom stereocenters. The van der Waals surface area contributed by atoms with Crippen LogP contribution >= 0.6 is 0 Å². The second-order valence-corrected chi connectivity index (χ2v) is 8.10. The summed E-state index contributed by atoms with van der Waals surface area (Å²) in [5, 5.41) is 4.42. The first-order valence-corrected chi connectivity index (χ1v) is 11.3. The summed E-state index contributed by atoms with van der Waals surface area (Å²) in [4.78, 5) is 26.1. The van der Waals surface area contributed by atoms with Crippen molar-refractivity contribution in [3.8, 4) is 17.1 Å². The highest BCUT2D eigenvalue weighted by atomic mass is 16.2. The zero-order valence-corrected chi connectivity index (χ0v) is 18.4. The van der Waals surface area contributed by atoms with Gasteiger partial charge in [-0.2, -0.15) is 5.10 Å². The lowest BCUT2D eigenvalue weighted by Gasteiger charge is -2.35. The van der Waals surface area contributed by atoms with Crippen LogP contribution < -0.4 is 4.90 Å². The Kier molecular flexibility index (Phi) is 6.10. The lowest BCUT2D eigenvalue weighted by molar-refractivity contribution is -0.131. The van der Waals surface area contributed by atoms with Crippen molar-refractivity contribution < 1.29 is 4.79 Å². The Morgan fingerprint density at radius 2 is 1.61 bits per heavy atom. The lowest BCUT2D eigenvalue weighted by Crippen LogP contribution is -2.49. The van der Waals surface area contributed by atoms with E-state index in [0.29, 0.717) is 25.9 Å². The van der Waals surface area contributed by atoms with E-state index in [4.69, 9.17) is 4.98 Å². The van der Waals surface area contributed by atoms with E-state index in [1.807, 2.05) is 88.7 Å². The minimum absolute atomic E-state index is 0.190. The molecule has 0 spiro atoms. The molecule has 1 amide bonds. The number of aryl methyl sites for hydroxylation is 1. The van der Waals surface area contributed by atoms with Gasteiger partial charge in [-0.15, -0.1) is 0 Å². The molecule has 5 rings (SSSR count). The van der Waals surface area contributed by atoms with Crippen LogP contribution in [0.4, 0.5) is 5.82 Å². The predicted molar refractivity (Wildman–Crippen MR) is 128 cm³/mol. The van der Waals surface area contributed by atoms with Crippen molar-refractivity contribution >= 4 is 11.7 Å². The Labute approximate surface area is 193 Å². The maximum Gasteiger partial charge on any atom is 0.223 e. The Morgan fingerprint density at radius 3 is 2.36 bits per heavy atom. The molecule has 3 heterocycles. The number of hydrogen-bond donors (Lipinski definition) is 0. The van der Waals surface area contributed by atoms with E-state index < -0.39 is 0 Å². The first-order chi connectivity index (χ1) is 16.3. The van der Waals surface area contributed by atoms with Crippen LogP contribution in [0.5, 0.6) is 0 Å². The third-order valence-corrected chi connectivity index (χ3v) is 5.91. The van der Waals surface area contributed by atoms with E-state index in [1.165, 1.54) is 0 Å². The van der Waals surface area contributed by atoms with E-state index in [1.54, 1.807) is 6.20 Å². The van der Waals surface area contributed by atoms with Crippen LogP contribution in [0.1, 0.15) is 12.0 Å². The number of rotatable bonds is 6. The topological polar surface area (TPSA) is 67.2 Å². The van der Waals surface area contributed by atoms with Crippen molar-refractivity contribution in [1.29, 1.82) is 0 Å². The van der Waals surface area contributed by atoms with E-state index >= 15 is 0 Å². The number of aromatic nitrogens is 4. The quantitative estimate of drug-likeness (QED) is 0.460. The minimum atomic E-state index is 0.190. The summed E-state index contributed by atoms with van der Waals surface area (Å²) < 4.78 is 1.85. The number of nitrogens with zero attached hydrogens (tertiary/aromatic N) is 6. The smallest absolute Gasteiger partial charge is 0.223 e. The molecule has 7 heteroatoms. The molecular formula is C26H26N6O. The number of benzene rings is 2. The molecule has 0 aliphatic carbocycles. The van der Waals surface area contributed by atoms with Crippen molar-refractivity contribution in [2.75, 3.05) is 31.1 Å². The van der Waals surface area contributed by atoms with Crippen LogP contribution in [0.2, 0.25) is 0 Å². The molecule has 0 atom stereocenters. The van der Waals surface area contributed by atoms with Gasteiger partial charge in [-0.1, -0.05) is 48.5 Å². The highest BCUT2D eigenvalue weighted by molar-refractivity contribution is 5.76. The lowest BCUT2D eigenvalue weighted by atomic mass is 10.1. The fourth-order valence-electron chi connectivity index (χ4n) is 4.06. The molecule has 0 radical (unpaired) electrons. The van der Waals surface area contributed by atoms with Gasteiger partial charge in [0.25, 0.3) is 0 Å². The van der Waals surface area contributed by atoms with Gasteiger partial charge in [-0.3, -0.25) is 4.79 Å². The molecule has 0 saturated carbocycles. The standard InChI is InChI=1S/C26H26N6O/c33-25(12-11-21-19-28-32(20-21)23-9-5-2-6-10-23)31-17-15-30(16-18-31)24-13-14-27-26(29-24)22-7-3-1-4-8-22/h1-10,13-14,19-20H,11-12,15-18H2. The molecule has 2 aromatic carbocycles. The molecule has 2 aromatic heterocycles. The summed E-state index contributed by atoms with van der Waals surface area (Å²) >= 11 is 0. The third kappa shape index (κ3) is 4.92. The van der Waals surface area contributed by atoms with Crippen LogP contribution in [0.25, 0.3) is 17.1 Å². The van der Waals surface area contributed by atoms with Gasteiger partial charge in [0.05, 0.1) is 11.9 Å². The Hall–Kier alpha value is -4.00. The van der Waals surface area contributed by atoms with E-state index in [2.05, 4.69) is 15.0 Å². The number of hydrogen-bond acceptors (Lipinski definition) is 5. The summed E-state index contributed by atoms with van der Waals surface area (Å²) in [5.74, 6) is 1.82.